The van der Waals surface area contributed by atoms with Crippen LogP contribution in [0.1, 0.15) is 21.6 Å². The molecule has 0 amide bonds. The number of carboxylic acids is 1. The van der Waals surface area contributed by atoms with Crippen LogP contribution in [0.25, 0.3) is 5.78 Å². The van der Waals surface area contributed by atoms with Crippen LogP contribution in [0.5, 0.6) is 0 Å². The van der Waals surface area contributed by atoms with Gasteiger partial charge in [0.15, 0.2) is 0 Å². The minimum absolute atomic E-state index is 0.306. The Morgan fingerprint density at radius 3 is 2.86 bits per heavy atom. The van der Waals surface area contributed by atoms with Crippen LogP contribution >= 0.6 is 11.8 Å². The fraction of sp³-hybridized carbons (Fsp3) is 0.143. The third-order valence-corrected chi connectivity index (χ3v) is 4.00. The van der Waals surface area contributed by atoms with Crippen LogP contribution in [0.2, 0.25) is 0 Å². The number of carbonyl (C=O) groups is 1. The number of rotatable bonds is 3. The molecule has 2 heterocycles. The van der Waals surface area contributed by atoms with Gasteiger partial charge in [0.05, 0.1) is 5.56 Å². The maximum Gasteiger partial charge on any atom is 0.335 e. The van der Waals surface area contributed by atoms with Gasteiger partial charge < -0.3 is 5.11 Å². The minimum atomic E-state index is -0.924. The predicted molar refractivity (Wildman–Crippen MR) is 77.8 cm³/mol. The quantitative estimate of drug-likeness (QED) is 0.749. The molecule has 1 aromatic carbocycles. The summed E-state index contributed by atoms with van der Waals surface area (Å²) in [6, 6.07) is 7.26. The number of aromatic nitrogens is 4. The van der Waals surface area contributed by atoms with Crippen molar-refractivity contribution < 1.29 is 9.90 Å². The summed E-state index contributed by atoms with van der Waals surface area (Å²) >= 11 is 1.43. The van der Waals surface area contributed by atoms with E-state index in [-0.39, 0.29) is 0 Å². The Labute approximate surface area is 124 Å². The molecule has 0 aliphatic carbocycles. The Hall–Kier alpha value is -2.41. The molecule has 3 rings (SSSR count). The van der Waals surface area contributed by atoms with Crippen molar-refractivity contribution in [1.29, 1.82) is 0 Å². The third kappa shape index (κ3) is 2.59. The minimum Gasteiger partial charge on any atom is -0.478 e. The summed E-state index contributed by atoms with van der Waals surface area (Å²) < 4.78 is 1.64. The Kier molecular flexibility index (Phi) is 3.34. The molecule has 106 valence electrons. The summed E-state index contributed by atoms with van der Waals surface area (Å²) in [5.74, 6) is -0.394. The monoisotopic (exact) mass is 300 g/mol. The number of hydrogen-bond donors (Lipinski definition) is 1. The Balaban J connectivity index is 2.04. The Morgan fingerprint density at radius 2 is 2.10 bits per heavy atom. The molecule has 0 aliphatic rings. The van der Waals surface area contributed by atoms with Crippen molar-refractivity contribution in [2.45, 2.75) is 23.8 Å². The average Bonchev–Trinajstić information content (AvgIpc) is 2.88. The summed E-state index contributed by atoms with van der Waals surface area (Å²) in [6.45, 7) is 3.67. The number of aryl methyl sites for hydroxylation is 2. The number of fused-ring (bicyclic) bond motifs is 1. The SMILES string of the molecule is Cc1cc(Sc2ccc(C)c(C(=O)O)c2)n2ncnc2n1. The number of nitrogens with zero attached hydrogens (tertiary/aromatic N) is 4. The van der Waals surface area contributed by atoms with E-state index in [4.69, 9.17) is 0 Å². The largest absolute Gasteiger partial charge is 0.478 e. The van der Waals surface area contributed by atoms with E-state index >= 15 is 0 Å². The van der Waals surface area contributed by atoms with Crippen molar-refractivity contribution in [2.24, 2.45) is 0 Å². The maximum atomic E-state index is 11.2. The first-order chi connectivity index (χ1) is 10.0. The van der Waals surface area contributed by atoms with Gasteiger partial charge in [-0.15, -0.1) is 0 Å². The zero-order valence-corrected chi connectivity index (χ0v) is 12.3. The summed E-state index contributed by atoms with van der Waals surface area (Å²) in [6.07, 6.45) is 1.45. The maximum absolute atomic E-state index is 11.2. The lowest BCUT2D eigenvalue weighted by atomic mass is 10.1. The van der Waals surface area contributed by atoms with Crippen LogP contribution in [0.15, 0.2) is 40.5 Å². The van der Waals surface area contributed by atoms with Crippen molar-refractivity contribution in [3.63, 3.8) is 0 Å². The van der Waals surface area contributed by atoms with Gasteiger partial charge in [0.25, 0.3) is 5.78 Å². The van der Waals surface area contributed by atoms with Gasteiger partial charge in [0, 0.05) is 10.6 Å². The number of hydrogen-bond acceptors (Lipinski definition) is 5. The molecule has 0 aliphatic heterocycles. The van der Waals surface area contributed by atoms with E-state index in [0.29, 0.717) is 11.3 Å². The van der Waals surface area contributed by atoms with E-state index in [1.54, 1.807) is 23.6 Å². The highest BCUT2D eigenvalue weighted by atomic mass is 32.2. The van der Waals surface area contributed by atoms with E-state index in [2.05, 4.69) is 15.1 Å². The lowest BCUT2D eigenvalue weighted by Gasteiger charge is -2.07. The van der Waals surface area contributed by atoms with E-state index in [9.17, 15) is 9.90 Å². The molecular weight excluding hydrogens is 288 g/mol. The van der Waals surface area contributed by atoms with Gasteiger partial charge in [0.1, 0.15) is 11.4 Å². The molecule has 0 atom stereocenters. The van der Waals surface area contributed by atoms with Gasteiger partial charge in [0.2, 0.25) is 0 Å². The fourth-order valence-corrected chi connectivity index (χ4v) is 2.98. The second-order valence-electron chi connectivity index (χ2n) is 4.59. The van der Waals surface area contributed by atoms with Gasteiger partial charge in [-0.2, -0.15) is 14.6 Å². The van der Waals surface area contributed by atoms with Crippen LogP contribution in [0.4, 0.5) is 0 Å². The predicted octanol–water partition coefficient (Wildman–Crippen LogP) is 2.59. The topological polar surface area (TPSA) is 80.4 Å². The van der Waals surface area contributed by atoms with Crippen molar-refractivity contribution in [3.05, 3.63) is 47.4 Å². The van der Waals surface area contributed by atoms with Crippen LogP contribution in [0, 0.1) is 13.8 Å². The highest BCUT2D eigenvalue weighted by molar-refractivity contribution is 7.99. The number of carboxylic acid groups (broad SMARTS) is 1. The Morgan fingerprint density at radius 1 is 1.29 bits per heavy atom. The average molecular weight is 300 g/mol. The summed E-state index contributed by atoms with van der Waals surface area (Å²) in [4.78, 5) is 20.4. The molecule has 0 fully saturated rings. The van der Waals surface area contributed by atoms with Crippen LogP contribution in [-0.4, -0.2) is 30.7 Å². The van der Waals surface area contributed by atoms with Crippen molar-refractivity contribution >= 4 is 23.5 Å². The summed E-state index contributed by atoms with van der Waals surface area (Å²) in [7, 11) is 0. The number of benzene rings is 1. The van der Waals surface area contributed by atoms with Gasteiger partial charge in [-0.25, -0.2) is 9.78 Å². The van der Waals surface area contributed by atoms with Crippen molar-refractivity contribution in [1.82, 2.24) is 19.6 Å². The molecule has 7 heteroatoms. The normalized spacial score (nSPS) is 11.0. The molecule has 6 nitrogen and oxygen atoms in total. The molecule has 0 saturated heterocycles. The van der Waals surface area contributed by atoms with E-state index in [0.717, 1.165) is 21.2 Å². The first-order valence-corrected chi connectivity index (χ1v) is 7.05. The highest BCUT2D eigenvalue weighted by Crippen LogP contribution is 2.29. The van der Waals surface area contributed by atoms with Crippen molar-refractivity contribution in [3.8, 4) is 0 Å². The standard InChI is InChI=1S/C14H12N4O2S/c1-8-3-4-10(6-11(8)13(19)20)21-12-5-9(2)17-14-15-7-16-18(12)14/h3-7H,1-2H3,(H,19,20). The molecule has 2 aromatic heterocycles. The molecular formula is C14H12N4O2S. The third-order valence-electron chi connectivity index (χ3n) is 3.01. The molecule has 0 radical (unpaired) electrons. The second-order valence-corrected chi connectivity index (χ2v) is 5.69. The summed E-state index contributed by atoms with van der Waals surface area (Å²) in [5, 5.41) is 14.2. The van der Waals surface area contributed by atoms with Gasteiger partial charge >= 0.3 is 5.97 Å². The van der Waals surface area contributed by atoms with Gasteiger partial charge in [-0.05, 0) is 37.6 Å². The van der Waals surface area contributed by atoms with Crippen molar-refractivity contribution in [2.75, 3.05) is 0 Å². The zero-order chi connectivity index (χ0) is 15.0. The molecule has 0 spiro atoms. The number of aromatic carboxylic acids is 1. The molecule has 0 saturated carbocycles. The molecule has 21 heavy (non-hydrogen) atoms. The Bertz CT molecular complexity index is 844. The highest BCUT2D eigenvalue weighted by Gasteiger charge is 2.11. The first kappa shape index (κ1) is 13.6. The molecule has 1 N–H and O–H groups in total. The van der Waals surface area contributed by atoms with E-state index in [1.165, 1.54) is 18.1 Å². The van der Waals surface area contributed by atoms with Crippen LogP contribution in [-0.2, 0) is 0 Å². The fourth-order valence-electron chi connectivity index (χ4n) is 1.99. The van der Waals surface area contributed by atoms with E-state index < -0.39 is 5.97 Å². The smallest absolute Gasteiger partial charge is 0.335 e. The molecule has 0 bridgehead atoms. The lowest BCUT2D eigenvalue weighted by Crippen LogP contribution is -2.00. The molecule has 0 unspecified atom stereocenters. The lowest BCUT2D eigenvalue weighted by molar-refractivity contribution is 0.0696. The van der Waals surface area contributed by atoms with E-state index in [1.807, 2.05) is 19.1 Å². The summed E-state index contributed by atoms with van der Waals surface area (Å²) in [5.41, 5.74) is 1.88. The van der Waals surface area contributed by atoms with Gasteiger partial charge in [-0.1, -0.05) is 17.8 Å². The van der Waals surface area contributed by atoms with Crippen LogP contribution < -0.4 is 0 Å². The zero-order valence-electron chi connectivity index (χ0n) is 11.4. The van der Waals surface area contributed by atoms with Crippen LogP contribution in [0.3, 0.4) is 0 Å². The van der Waals surface area contributed by atoms with Gasteiger partial charge in [-0.3, -0.25) is 0 Å². The first-order valence-electron chi connectivity index (χ1n) is 6.24. The second kappa shape index (κ2) is 5.17. The molecule has 3 aromatic rings.